The first-order valence-electron chi connectivity index (χ1n) is 36.8. The number of rotatable bonds is 11. The number of hydrogen-bond acceptors (Lipinski definition) is 4. The van der Waals surface area contributed by atoms with Gasteiger partial charge in [0.05, 0.1) is 50.8 Å². The van der Waals surface area contributed by atoms with Crippen LogP contribution in [0.3, 0.4) is 0 Å². The Balaban J connectivity index is 0.978. The SMILES string of the molecule is CC(C)(C)c1ccc(N(c2ccc(C(C)(C)C)cc2)c2cc3c(cc2-c2ccccc2)B2c4ccc(-n5c6ccccc6c6ccccc65)cc4N(c4ccccc4-c4ccccc4)c4cc(-c5cc(-n6c7ccccc7c7ccccc76)ccc5C#N)cc(c42)N3c2ccccc2-c2ccccc2)cc1. The van der Waals surface area contributed by atoms with Gasteiger partial charge in [0, 0.05) is 89.3 Å². The van der Waals surface area contributed by atoms with Gasteiger partial charge in [-0.3, -0.25) is 0 Å². The van der Waals surface area contributed by atoms with Crippen molar-refractivity contribution in [1.82, 2.24) is 9.13 Å². The number of para-hydroxylation sites is 6. The van der Waals surface area contributed by atoms with Crippen LogP contribution < -0.4 is 31.1 Å². The van der Waals surface area contributed by atoms with E-state index in [0.717, 1.165) is 146 Å². The Hall–Kier alpha value is -13.1. The third-order valence-electron chi connectivity index (χ3n) is 22.0. The molecule has 0 fully saturated rings. The molecule has 17 aromatic rings. The van der Waals surface area contributed by atoms with Gasteiger partial charge in [-0.05, 0) is 170 Å². The van der Waals surface area contributed by atoms with Crippen LogP contribution in [0.2, 0.25) is 0 Å². The first-order chi connectivity index (χ1) is 51.8. The predicted octanol–water partition coefficient (Wildman–Crippen LogP) is 24.6. The van der Waals surface area contributed by atoms with Crippen LogP contribution in [0.15, 0.2) is 346 Å². The predicted molar refractivity (Wildman–Crippen MR) is 448 cm³/mol. The van der Waals surface area contributed by atoms with Crippen LogP contribution in [0.25, 0.3) is 99.5 Å². The van der Waals surface area contributed by atoms with Gasteiger partial charge in [-0.15, -0.1) is 0 Å². The summed E-state index contributed by atoms with van der Waals surface area (Å²) in [6.45, 7) is 13.4. The van der Waals surface area contributed by atoms with Crippen molar-refractivity contribution in [3.05, 3.63) is 362 Å². The molecule has 0 radical (unpaired) electrons. The molecular weight excluding hydrogens is 1280 g/mol. The van der Waals surface area contributed by atoms with Crippen LogP contribution in [0.4, 0.5) is 51.2 Å². The molecule has 0 aliphatic carbocycles. The van der Waals surface area contributed by atoms with Gasteiger partial charge in [0.15, 0.2) is 0 Å². The number of benzene rings is 15. The van der Waals surface area contributed by atoms with Crippen molar-refractivity contribution in [2.24, 2.45) is 0 Å². The van der Waals surface area contributed by atoms with Gasteiger partial charge in [0.1, 0.15) is 0 Å². The molecule has 2 aliphatic rings. The highest BCUT2D eigenvalue weighted by molar-refractivity contribution is 7.00. The Kier molecular flexibility index (Phi) is 15.1. The van der Waals surface area contributed by atoms with Gasteiger partial charge in [0.2, 0.25) is 0 Å². The molecule has 0 saturated carbocycles. The van der Waals surface area contributed by atoms with Gasteiger partial charge < -0.3 is 23.8 Å². The van der Waals surface area contributed by atoms with E-state index in [2.05, 4.69) is 411 Å². The van der Waals surface area contributed by atoms with E-state index in [1.165, 1.54) is 32.7 Å². The highest BCUT2D eigenvalue weighted by atomic mass is 15.2. The minimum absolute atomic E-state index is 0.0729. The van der Waals surface area contributed by atoms with E-state index < -0.39 is 0 Å². The summed E-state index contributed by atoms with van der Waals surface area (Å²) in [6.07, 6.45) is 0. The van der Waals surface area contributed by atoms with Gasteiger partial charge in [0.25, 0.3) is 6.71 Å². The molecule has 0 unspecified atom stereocenters. The minimum Gasteiger partial charge on any atom is -0.311 e. The fraction of sp³-hybridized carbons (Fsp3) is 0.0808. The lowest BCUT2D eigenvalue weighted by atomic mass is 9.33. The second-order valence-electron chi connectivity index (χ2n) is 30.3. The number of hydrogen-bond donors (Lipinski definition) is 0. The Morgan fingerprint density at radius 2 is 0.689 bits per heavy atom. The number of anilines is 9. The van der Waals surface area contributed by atoms with E-state index in [0.29, 0.717) is 5.56 Å². The Bertz CT molecular complexity index is 6200. The molecule has 4 heterocycles. The molecule has 0 amide bonds. The Labute approximate surface area is 619 Å². The minimum atomic E-state index is -0.349. The second kappa shape index (κ2) is 25.1. The van der Waals surface area contributed by atoms with Crippen molar-refractivity contribution in [3.8, 4) is 62.0 Å². The molecule has 0 N–H and O–H groups in total. The number of nitrogens with zero attached hydrogens (tertiary/aromatic N) is 6. The largest absolute Gasteiger partial charge is 0.311 e. The van der Waals surface area contributed by atoms with Crippen molar-refractivity contribution >= 4 is 118 Å². The van der Waals surface area contributed by atoms with Crippen molar-refractivity contribution in [1.29, 1.82) is 5.26 Å². The third-order valence-corrected chi connectivity index (χ3v) is 22.0. The maximum Gasteiger partial charge on any atom is 0.252 e. The van der Waals surface area contributed by atoms with E-state index in [1.807, 2.05) is 6.07 Å². The van der Waals surface area contributed by atoms with Crippen LogP contribution >= 0.6 is 0 Å². The molecule has 0 saturated heterocycles. The average Bonchev–Trinajstić information content (AvgIpc) is 0.740. The van der Waals surface area contributed by atoms with Crippen LogP contribution in [0, 0.1) is 11.3 Å². The summed E-state index contributed by atoms with van der Waals surface area (Å²) in [5.41, 5.74) is 30.5. The molecule has 504 valence electrons. The van der Waals surface area contributed by atoms with E-state index in [4.69, 9.17) is 0 Å². The van der Waals surface area contributed by atoms with Crippen molar-refractivity contribution in [2.75, 3.05) is 14.7 Å². The van der Waals surface area contributed by atoms with Gasteiger partial charge in [-0.25, -0.2) is 0 Å². The lowest BCUT2D eigenvalue weighted by Gasteiger charge is -2.46. The molecule has 2 aromatic heterocycles. The van der Waals surface area contributed by atoms with Crippen LogP contribution in [0.5, 0.6) is 0 Å². The van der Waals surface area contributed by atoms with Crippen molar-refractivity contribution in [2.45, 2.75) is 52.4 Å². The Morgan fingerprint density at radius 3 is 1.13 bits per heavy atom. The van der Waals surface area contributed by atoms with Gasteiger partial charge >= 0.3 is 0 Å². The highest BCUT2D eigenvalue weighted by Crippen LogP contribution is 2.53. The zero-order valence-corrected chi connectivity index (χ0v) is 60.2. The maximum atomic E-state index is 11.8. The molecule has 0 atom stereocenters. The van der Waals surface area contributed by atoms with E-state index in [1.54, 1.807) is 0 Å². The highest BCUT2D eigenvalue weighted by Gasteiger charge is 2.46. The smallest absolute Gasteiger partial charge is 0.252 e. The maximum absolute atomic E-state index is 11.8. The summed E-state index contributed by atoms with van der Waals surface area (Å²) < 4.78 is 4.82. The van der Waals surface area contributed by atoms with E-state index in [9.17, 15) is 5.26 Å². The normalized spacial score (nSPS) is 12.6. The van der Waals surface area contributed by atoms with Crippen molar-refractivity contribution in [3.63, 3.8) is 0 Å². The number of nitriles is 1. The zero-order valence-electron chi connectivity index (χ0n) is 60.2. The van der Waals surface area contributed by atoms with Gasteiger partial charge in [-0.2, -0.15) is 5.26 Å². The topological polar surface area (TPSA) is 43.4 Å². The fourth-order valence-electron chi connectivity index (χ4n) is 17.0. The van der Waals surface area contributed by atoms with Crippen LogP contribution in [-0.4, -0.2) is 15.8 Å². The summed E-state index contributed by atoms with van der Waals surface area (Å²) in [7, 11) is 0. The first-order valence-corrected chi connectivity index (χ1v) is 36.8. The molecular formula is C99H75BN6. The lowest BCUT2D eigenvalue weighted by molar-refractivity contribution is 0.590. The standard InChI is InChI=1S/C99H75BN6/c1-98(2,3)70-47-52-72(53-48-70)102(73-54-49-71(50-55-73)99(4,5)6)92-63-94-85(62-83(92)67-32-14-9-15-33-67)100-84-57-56-75(104-90-44-26-20-38-80(90)81-39-21-27-45-91(81)104)61-93(84)105(86-40-22-16-34-76(86)65-28-10-7-11-29-65)95-58-69(59-96(97(95)100)106(94)87-41-23-17-35-77(87)66-30-12-8-13-31-66)82-60-74(51-46-68(82)64-101)103-88-42-24-18-36-78(88)79-37-19-25-43-89(79)103/h7-63H,1-6H3. The molecule has 7 heteroatoms. The molecule has 0 spiro atoms. The monoisotopic (exact) mass is 1360 g/mol. The third kappa shape index (κ3) is 10.5. The molecule has 15 aromatic carbocycles. The zero-order chi connectivity index (χ0) is 71.5. The summed E-state index contributed by atoms with van der Waals surface area (Å²) in [5.74, 6) is 0. The summed E-state index contributed by atoms with van der Waals surface area (Å²) in [4.78, 5) is 7.65. The van der Waals surface area contributed by atoms with Crippen molar-refractivity contribution < 1.29 is 0 Å². The molecule has 2 aliphatic heterocycles. The van der Waals surface area contributed by atoms with Crippen LogP contribution in [0.1, 0.15) is 58.2 Å². The van der Waals surface area contributed by atoms with E-state index >= 15 is 0 Å². The lowest BCUT2D eigenvalue weighted by Crippen LogP contribution is -2.61. The van der Waals surface area contributed by atoms with E-state index in [-0.39, 0.29) is 17.5 Å². The van der Waals surface area contributed by atoms with Gasteiger partial charge in [-0.1, -0.05) is 278 Å². The summed E-state index contributed by atoms with van der Waals surface area (Å²) in [6, 6.07) is 130. The quantitative estimate of drug-likeness (QED) is 0.121. The Morgan fingerprint density at radius 1 is 0.302 bits per heavy atom. The molecule has 19 rings (SSSR count). The molecule has 0 bridgehead atoms. The summed E-state index contributed by atoms with van der Waals surface area (Å²) >= 11 is 0. The molecule has 106 heavy (non-hydrogen) atoms. The number of aromatic nitrogens is 2. The van der Waals surface area contributed by atoms with Crippen LogP contribution in [-0.2, 0) is 10.8 Å². The first kappa shape index (κ1) is 63.8. The summed E-state index contributed by atoms with van der Waals surface area (Å²) in [5, 5.41) is 16.5. The second-order valence-corrected chi connectivity index (χ2v) is 30.3. The number of fused-ring (bicyclic) bond motifs is 10. The average molecular weight is 1360 g/mol. The fourth-order valence-corrected chi connectivity index (χ4v) is 17.0. The molecule has 6 nitrogen and oxygen atoms in total.